The molecular formula is C29H35F4N9O2. The molecule has 0 radical (unpaired) electrons. The number of hydrogen-bond acceptors (Lipinski definition) is 10. The highest BCUT2D eigenvalue weighted by Gasteiger charge is 2.34. The predicted molar refractivity (Wildman–Crippen MR) is 161 cm³/mol. The van der Waals surface area contributed by atoms with E-state index in [0.717, 1.165) is 17.3 Å². The number of ether oxygens (including phenoxy) is 1. The molecule has 1 amide bonds. The molecule has 236 valence electrons. The van der Waals surface area contributed by atoms with E-state index < -0.39 is 18.7 Å². The minimum atomic E-state index is -4.64. The van der Waals surface area contributed by atoms with Gasteiger partial charge in [0.05, 0.1) is 5.69 Å². The van der Waals surface area contributed by atoms with Gasteiger partial charge < -0.3 is 30.1 Å². The second-order valence-corrected chi connectivity index (χ2v) is 11.2. The molecule has 4 rings (SSSR count). The van der Waals surface area contributed by atoms with Gasteiger partial charge in [-0.2, -0.15) is 23.1 Å². The number of likely N-dealkylation sites (N-methyl/N-ethyl adjacent to an activating group) is 2. The lowest BCUT2D eigenvalue weighted by molar-refractivity contribution is -0.153. The number of halogens is 4. The van der Waals surface area contributed by atoms with E-state index in [1.807, 2.05) is 37.7 Å². The predicted octanol–water partition coefficient (Wildman–Crippen LogP) is 5.03. The van der Waals surface area contributed by atoms with Crippen molar-refractivity contribution in [2.24, 2.45) is 0 Å². The van der Waals surface area contributed by atoms with Crippen molar-refractivity contribution in [3.63, 3.8) is 0 Å². The molecule has 0 aliphatic carbocycles. The summed E-state index contributed by atoms with van der Waals surface area (Å²) in [5.41, 5.74) is 1.41. The van der Waals surface area contributed by atoms with Gasteiger partial charge in [-0.05, 0) is 61.8 Å². The molecule has 1 aromatic carbocycles. The zero-order valence-electron chi connectivity index (χ0n) is 25.2. The number of rotatable bonds is 11. The molecule has 0 unspecified atom stereocenters. The van der Waals surface area contributed by atoms with E-state index in [-0.39, 0.29) is 46.2 Å². The van der Waals surface area contributed by atoms with Crippen LogP contribution in [-0.2, 0) is 10.2 Å². The van der Waals surface area contributed by atoms with Gasteiger partial charge >= 0.3 is 6.18 Å². The van der Waals surface area contributed by atoms with Gasteiger partial charge in [0.1, 0.15) is 17.8 Å². The highest BCUT2D eigenvalue weighted by molar-refractivity contribution is 6.01. The normalized spacial score (nSPS) is 14.2. The first kappa shape index (κ1) is 32.4. The Bertz CT molecular complexity index is 1510. The van der Waals surface area contributed by atoms with Crippen LogP contribution in [0.4, 0.5) is 52.3 Å². The Balaban J connectivity index is 1.74. The Morgan fingerprint density at radius 3 is 2.57 bits per heavy atom. The first-order chi connectivity index (χ1) is 20.7. The maximum atomic E-state index is 14.1. The van der Waals surface area contributed by atoms with E-state index in [1.165, 1.54) is 24.5 Å². The van der Waals surface area contributed by atoms with Gasteiger partial charge in [0, 0.05) is 32.4 Å². The Morgan fingerprint density at radius 1 is 1.14 bits per heavy atom. The van der Waals surface area contributed by atoms with E-state index in [9.17, 15) is 22.4 Å². The van der Waals surface area contributed by atoms with Gasteiger partial charge in [-0.15, -0.1) is 0 Å². The second-order valence-electron chi connectivity index (χ2n) is 11.2. The van der Waals surface area contributed by atoms with Crippen LogP contribution in [0.5, 0.6) is 5.88 Å². The molecule has 2 N–H and O–H groups in total. The number of carbonyl (C=O) groups excluding carboxylic acids is 1. The van der Waals surface area contributed by atoms with Gasteiger partial charge in [-0.1, -0.05) is 20.4 Å². The topological polar surface area (TPSA) is 112 Å². The summed E-state index contributed by atoms with van der Waals surface area (Å²) in [5.74, 6) is -0.872. The van der Waals surface area contributed by atoms with Crippen LogP contribution in [0.2, 0.25) is 0 Å². The van der Waals surface area contributed by atoms with Crippen LogP contribution in [0.15, 0.2) is 43.2 Å². The number of alkyl halides is 3. The second kappa shape index (κ2) is 13.0. The van der Waals surface area contributed by atoms with Crippen molar-refractivity contribution in [1.29, 1.82) is 0 Å². The summed E-state index contributed by atoms with van der Waals surface area (Å²) in [6.07, 6.45) is -1.64. The van der Waals surface area contributed by atoms with Crippen LogP contribution in [0, 0.1) is 5.82 Å². The Hall–Kier alpha value is -4.53. The SMILES string of the molecule is C=CC(=O)Nc1cc(Nc2ncnc(N3CCC(C)(C)c4cc(F)ccc43)n2)c(OCC(F)(F)F)nc1N(C)CCN(C)C. The third-order valence-corrected chi connectivity index (χ3v) is 7.01. The first-order valence-electron chi connectivity index (χ1n) is 13.7. The van der Waals surface area contributed by atoms with Crippen LogP contribution >= 0.6 is 0 Å². The smallest absolute Gasteiger partial charge is 0.422 e. The van der Waals surface area contributed by atoms with Crippen LogP contribution in [0.1, 0.15) is 25.8 Å². The minimum absolute atomic E-state index is 0.0168. The summed E-state index contributed by atoms with van der Waals surface area (Å²) in [6, 6.07) is 5.91. The van der Waals surface area contributed by atoms with E-state index >= 15 is 0 Å². The number of anilines is 6. The van der Waals surface area contributed by atoms with Crippen LogP contribution in [-0.4, -0.2) is 84.3 Å². The summed E-state index contributed by atoms with van der Waals surface area (Å²) in [6.45, 7) is 7.50. The lowest BCUT2D eigenvalue weighted by atomic mass is 9.77. The van der Waals surface area contributed by atoms with Crippen LogP contribution in [0.3, 0.4) is 0 Å². The van der Waals surface area contributed by atoms with Crippen molar-refractivity contribution in [1.82, 2.24) is 24.8 Å². The average Bonchev–Trinajstić information content (AvgIpc) is 2.95. The molecule has 15 heteroatoms. The largest absolute Gasteiger partial charge is 0.466 e. The van der Waals surface area contributed by atoms with Crippen LogP contribution in [0.25, 0.3) is 0 Å². The highest BCUT2D eigenvalue weighted by Crippen LogP contribution is 2.42. The molecule has 3 heterocycles. The number of benzene rings is 1. The number of aromatic nitrogens is 4. The number of nitrogens with zero attached hydrogens (tertiary/aromatic N) is 7. The molecule has 2 aromatic heterocycles. The molecule has 0 saturated carbocycles. The summed E-state index contributed by atoms with van der Waals surface area (Å²) >= 11 is 0. The molecule has 0 atom stereocenters. The number of carbonyl (C=O) groups is 1. The summed E-state index contributed by atoms with van der Waals surface area (Å²) in [5, 5.41) is 5.53. The van der Waals surface area contributed by atoms with Gasteiger partial charge in [-0.3, -0.25) is 4.79 Å². The van der Waals surface area contributed by atoms with Crippen molar-refractivity contribution in [2.75, 3.05) is 67.8 Å². The van der Waals surface area contributed by atoms with Crippen molar-refractivity contribution < 1.29 is 27.1 Å². The summed E-state index contributed by atoms with van der Waals surface area (Å²) < 4.78 is 58.9. The molecule has 1 aliphatic heterocycles. The summed E-state index contributed by atoms with van der Waals surface area (Å²) in [4.78, 5) is 35.0. The number of fused-ring (bicyclic) bond motifs is 1. The lowest BCUT2D eigenvalue weighted by Crippen LogP contribution is -2.35. The van der Waals surface area contributed by atoms with Gasteiger partial charge in [0.25, 0.3) is 0 Å². The number of pyridine rings is 1. The van der Waals surface area contributed by atoms with Crippen LogP contribution < -0.4 is 25.2 Å². The molecular weight excluding hydrogens is 582 g/mol. The molecule has 3 aromatic rings. The fraction of sp³-hybridized carbons (Fsp3) is 0.414. The minimum Gasteiger partial charge on any atom is -0.466 e. The Kier molecular flexibility index (Phi) is 9.56. The third-order valence-electron chi connectivity index (χ3n) is 7.01. The van der Waals surface area contributed by atoms with E-state index in [1.54, 1.807) is 18.0 Å². The highest BCUT2D eigenvalue weighted by atomic mass is 19.4. The van der Waals surface area contributed by atoms with Gasteiger partial charge in [0.15, 0.2) is 12.4 Å². The molecule has 0 fully saturated rings. The lowest BCUT2D eigenvalue weighted by Gasteiger charge is -2.39. The molecule has 0 bridgehead atoms. The maximum Gasteiger partial charge on any atom is 0.422 e. The molecule has 11 nitrogen and oxygen atoms in total. The van der Waals surface area contributed by atoms with E-state index in [2.05, 4.69) is 37.1 Å². The third kappa shape index (κ3) is 7.89. The molecule has 0 saturated heterocycles. The molecule has 44 heavy (non-hydrogen) atoms. The van der Waals surface area contributed by atoms with Crippen molar-refractivity contribution >= 4 is 40.7 Å². The van der Waals surface area contributed by atoms with E-state index in [4.69, 9.17) is 4.74 Å². The number of amides is 1. The quantitative estimate of drug-likeness (QED) is 0.225. The van der Waals surface area contributed by atoms with E-state index in [0.29, 0.717) is 26.1 Å². The fourth-order valence-electron chi connectivity index (χ4n) is 4.60. The van der Waals surface area contributed by atoms with Crippen molar-refractivity contribution in [3.8, 4) is 5.88 Å². The molecule has 1 aliphatic rings. The standard InChI is InChI=1S/C29H35F4N9O2/c1-7-23(43)36-20-15-21(25(44-16-29(31,32)33)38-24(20)41(6)13-12-40(4)5)37-26-34-17-35-27(39-26)42-11-10-28(2,3)19-14-18(30)8-9-22(19)42/h7-9,14-15,17H,1,10-13,16H2,2-6H3,(H,36,43)(H,34,35,37,39). The Morgan fingerprint density at radius 2 is 1.89 bits per heavy atom. The maximum absolute atomic E-state index is 14.1. The zero-order chi connectivity index (χ0) is 32.2. The Labute approximate surface area is 253 Å². The fourth-order valence-corrected chi connectivity index (χ4v) is 4.60. The monoisotopic (exact) mass is 617 g/mol. The number of nitrogens with one attached hydrogen (secondary N) is 2. The first-order valence-corrected chi connectivity index (χ1v) is 13.7. The zero-order valence-corrected chi connectivity index (χ0v) is 25.2. The van der Waals surface area contributed by atoms with Gasteiger partial charge in [0.2, 0.25) is 23.7 Å². The average molecular weight is 618 g/mol. The van der Waals surface area contributed by atoms with Gasteiger partial charge in [-0.25, -0.2) is 14.4 Å². The summed E-state index contributed by atoms with van der Waals surface area (Å²) in [7, 11) is 5.44. The van der Waals surface area contributed by atoms with Crippen molar-refractivity contribution in [2.45, 2.75) is 31.9 Å². The number of hydrogen-bond donors (Lipinski definition) is 2. The molecule has 0 spiro atoms. The van der Waals surface area contributed by atoms with Crippen molar-refractivity contribution in [3.05, 3.63) is 54.6 Å².